The van der Waals surface area contributed by atoms with E-state index >= 15 is 0 Å². The van der Waals surface area contributed by atoms with Crippen LogP contribution in [0.2, 0.25) is 0 Å². The van der Waals surface area contributed by atoms with Gasteiger partial charge in [0.2, 0.25) is 11.8 Å². The van der Waals surface area contributed by atoms with E-state index in [1.807, 2.05) is 32.9 Å². The fourth-order valence-corrected chi connectivity index (χ4v) is 3.56. The van der Waals surface area contributed by atoms with Gasteiger partial charge in [-0.15, -0.1) is 0 Å². The summed E-state index contributed by atoms with van der Waals surface area (Å²) in [5.41, 5.74) is 2.10. The van der Waals surface area contributed by atoms with E-state index in [-0.39, 0.29) is 24.1 Å². The topological polar surface area (TPSA) is 56.6 Å². The maximum Gasteiger partial charge on any atom is 0.228 e. The van der Waals surface area contributed by atoms with Crippen molar-refractivity contribution in [3.8, 4) is 23.1 Å². The van der Waals surface area contributed by atoms with Crippen LogP contribution in [-0.2, 0) is 17.8 Å². The Balaban J connectivity index is 2.14. The molecule has 0 aliphatic heterocycles. The first-order valence-electron chi connectivity index (χ1n) is 11.1. The van der Waals surface area contributed by atoms with Gasteiger partial charge in [0, 0.05) is 19.0 Å². The van der Waals surface area contributed by atoms with Crippen molar-refractivity contribution >= 4 is 5.91 Å². The molecule has 0 saturated carbocycles. The van der Waals surface area contributed by atoms with Crippen LogP contribution in [0.25, 0.3) is 5.69 Å². The molecule has 0 aliphatic rings. The van der Waals surface area contributed by atoms with Gasteiger partial charge in [0.25, 0.3) is 0 Å². The number of aryl methyl sites for hydroxylation is 1. The number of hydrogen-bond donors (Lipinski definition) is 0. The Morgan fingerprint density at radius 3 is 2.39 bits per heavy atom. The molecule has 0 atom stereocenters. The van der Waals surface area contributed by atoms with E-state index < -0.39 is 11.6 Å². The zero-order chi connectivity index (χ0) is 24.0. The lowest BCUT2D eigenvalue weighted by Gasteiger charge is -2.22. The van der Waals surface area contributed by atoms with Crippen molar-refractivity contribution in [3.63, 3.8) is 0 Å². The van der Waals surface area contributed by atoms with Crippen molar-refractivity contribution < 1.29 is 23.0 Å². The lowest BCUT2D eigenvalue weighted by molar-refractivity contribution is -0.131. The van der Waals surface area contributed by atoms with E-state index in [0.717, 1.165) is 24.2 Å². The van der Waals surface area contributed by atoms with Gasteiger partial charge in [-0.1, -0.05) is 20.8 Å². The lowest BCUT2D eigenvalue weighted by Crippen LogP contribution is -2.31. The minimum absolute atomic E-state index is 0.00927. The van der Waals surface area contributed by atoms with Crippen LogP contribution in [0.1, 0.15) is 44.9 Å². The fraction of sp³-hybridized carbons (Fsp3) is 0.360. The van der Waals surface area contributed by atoms with Crippen molar-refractivity contribution in [2.75, 3.05) is 13.7 Å². The highest BCUT2D eigenvalue weighted by molar-refractivity contribution is 5.76. The van der Waals surface area contributed by atoms with Crippen molar-refractivity contribution in [2.45, 2.75) is 46.6 Å². The average Bonchev–Trinajstić information content (AvgIpc) is 3.17. The van der Waals surface area contributed by atoms with Gasteiger partial charge >= 0.3 is 0 Å². The molecule has 0 spiro atoms. The summed E-state index contributed by atoms with van der Waals surface area (Å²) < 4.78 is 40.8. The highest BCUT2D eigenvalue weighted by Gasteiger charge is 2.25. The predicted molar refractivity (Wildman–Crippen MR) is 122 cm³/mol. The predicted octanol–water partition coefficient (Wildman–Crippen LogP) is 5.66. The quantitative estimate of drug-likeness (QED) is 0.394. The van der Waals surface area contributed by atoms with Gasteiger partial charge in [-0.3, -0.25) is 4.79 Å². The molecule has 0 bridgehead atoms. The second kappa shape index (κ2) is 10.9. The molecule has 0 N–H and O–H groups in total. The van der Waals surface area contributed by atoms with Crippen LogP contribution >= 0.6 is 0 Å². The number of methoxy groups -OCH3 is 1. The first-order valence-corrected chi connectivity index (χ1v) is 11.1. The van der Waals surface area contributed by atoms with Crippen LogP contribution in [0, 0.1) is 11.6 Å². The summed E-state index contributed by atoms with van der Waals surface area (Å²) in [5, 5.41) is 4.71. The van der Waals surface area contributed by atoms with Gasteiger partial charge in [-0.25, -0.2) is 13.5 Å². The molecule has 1 aromatic heterocycles. The zero-order valence-electron chi connectivity index (χ0n) is 19.4. The largest absolute Gasteiger partial charge is 0.497 e. The second-order valence-electron chi connectivity index (χ2n) is 7.54. The molecule has 33 heavy (non-hydrogen) atoms. The number of halogens is 2. The average molecular weight is 458 g/mol. The second-order valence-corrected chi connectivity index (χ2v) is 7.54. The molecule has 0 unspecified atom stereocenters. The van der Waals surface area contributed by atoms with E-state index in [0.29, 0.717) is 36.4 Å². The minimum atomic E-state index is -0.823. The van der Waals surface area contributed by atoms with Gasteiger partial charge < -0.3 is 14.4 Å². The molecule has 1 amide bonds. The van der Waals surface area contributed by atoms with Crippen molar-refractivity contribution in [3.05, 3.63) is 65.4 Å². The van der Waals surface area contributed by atoms with Gasteiger partial charge in [0.15, 0.2) is 11.6 Å². The minimum Gasteiger partial charge on any atom is -0.497 e. The lowest BCUT2D eigenvalue weighted by atomic mass is 10.1. The Kier molecular flexibility index (Phi) is 8.03. The molecule has 6 nitrogen and oxygen atoms in total. The molecule has 176 valence electrons. The van der Waals surface area contributed by atoms with Gasteiger partial charge in [-0.05, 0) is 49.2 Å². The molecule has 1 heterocycles. The smallest absolute Gasteiger partial charge is 0.228 e. The number of rotatable bonds is 10. The molecular formula is C25H29F2N3O3. The van der Waals surface area contributed by atoms with Gasteiger partial charge in [0.05, 0.1) is 30.6 Å². The number of amides is 1. The summed E-state index contributed by atoms with van der Waals surface area (Å²) in [4.78, 5) is 14.3. The zero-order valence-corrected chi connectivity index (χ0v) is 19.4. The summed E-state index contributed by atoms with van der Waals surface area (Å²) in [7, 11) is 1.58. The van der Waals surface area contributed by atoms with E-state index in [2.05, 4.69) is 0 Å². The van der Waals surface area contributed by atoms with Crippen LogP contribution in [0.15, 0.2) is 42.5 Å². The Morgan fingerprint density at radius 1 is 1.09 bits per heavy atom. The third-order valence-electron chi connectivity index (χ3n) is 5.27. The molecule has 2 aromatic carbocycles. The van der Waals surface area contributed by atoms with Gasteiger partial charge in [0.1, 0.15) is 11.6 Å². The van der Waals surface area contributed by atoms with E-state index in [1.54, 1.807) is 28.8 Å². The van der Waals surface area contributed by atoms with Crippen LogP contribution in [0.4, 0.5) is 8.78 Å². The van der Waals surface area contributed by atoms with Crippen LogP contribution in [0.5, 0.6) is 17.4 Å². The molecular weight excluding hydrogens is 428 g/mol. The molecule has 3 rings (SSSR count). The first-order chi connectivity index (χ1) is 15.9. The summed E-state index contributed by atoms with van der Waals surface area (Å²) >= 11 is 0. The number of nitrogens with zero attached hydrogens (tertiary/aromatic N) is 3. The monoisotopic (exact) mass is 457 g/mol. The van der Waals surface area contributed by atoms with Crippen LogP contribution in [0.3, 0.4) is 0 Å². The first kappa shape index (κ1) is 24.2. The van der Waals surface area contributed by atoms with E-state index in [9.17, 15) is 13.6 Å². The number of carbonyl (C=O) groups is 1. The Hall–Kier alpha value is -3.42. The third kappa shape index (κ3) is 5.50. The Morgan fingerprint density at radius 2 is 1.82 bits per heavy atom. The van der Waals surface area contributed by atoms with E-state index in [4.69, 9.17) is 14.6 Å². The Bertz CT molecular complexity index is 1100. The number of aromatic nitrogens is 2. The number of ether oxygens (including phenoxy) is 2. The van der Waals surface area contributed by atoms with Crippen molar-refractivity contribution in [1.82, 2.24) is 14.7 Å². The molecule has 0 aliphatic carbocycles. The van der Waals surface area contributed by atoms with Gasteiger partial charge in [-0.2, -0.15) is 5.10 Å². The highest BCUT2D eigenvalue weighted by Crippen LogP contribution is 2.34. The number of carbonyl (C=O) groups excluding carboxylic acids is 1. The van der Waals surface area contributed by atoms with E-state index in [1.165, 1.54) is 6.07 Å². The third-order valence-corrected chi connectivity index (χ3v) is 5.27. The highest BCUT2D eigenvalue weighted by atomic mass is 19.1. The number of benzene rings is 2. The Labute approximate surface area is 192 Å². The summed E-state index contributed by atoms with van der Waals surface area (Å²) in [6.07, 6.45) is 1.75. The molecule has 3 aromatic rings. The summed E-state index contributed by atoms with van der Waals surface area (Å²) in [6, 6.07) is 10.3. The standard InChI is InChI=1S/C25H29F2N3O3/c1-5-14-29(24(31)7-3)16-20-22(6-2)28-30(18-9-11-19(32-4)12-10-18)25(20)33-23-13-8-17(26)15-21(23)27/h8-13,15H,5-7,14,16H2,1-4H3. The van der Waals surface area contributed by atoms with Crippen LogP contribution in [-0.4, -0.2) is 34.2 Å². The summed E-state index contributed by atoms with van der Waals surface area (Å²) in [5.74, 6) is -0.671. The molecule has 0 radical (unpaired) electrons. The number of hydrogen-bond acceptors (Lipinski definition) is 4. The molecule has 0 saturated heterocycles. The fourth-order valence-electron chi connectivity index (χ4n) is 3.56. The van der Waals surface area contributed by atoms with Crippen molar-refractivity contribution in [2.24, 2.45) is 0 Å². The summed E-state index contributed by atoms with van der Waals surface area (Å²) in [6.45, 7) is 6.63. The van der Waals surface area contributed by atoms with Crippen LogP contribution < -0.4 is 9.47 Å². The normalized spacial score (nSPS) is 10.8. The maximum absolute atomic E-state index is 14.5. The van der Waals surface area contributed by atoms with Crippen molar-refractivity contribution in [1.29, 1.82) is 0 Å². The maximum atomic E-state index is 14.5. The molecule has 0 fully saturated rings. The molecule has 8 heteroatoms. The SMILES string of the molecule is CCCN(Cc1c(CC)nn(-c2ccc(OC)cc2)c1Oc1ccc(F)cc1F)C(=O)CC.